The molecule has 70 valence electrons. The molecule has 0 heterocycles. The zero-order valence-electron chi connectivity index (χ0n) is 8.16. The molecule has 1 aromatic rings. The van der Waals surface area contributed by atoms with Gasteiger partial charge in [-0.1, -0.05) is 17.7 Å². The number of hydrogen-bond acceptors (Lipinski definition) is 2. The minimum atomic E-state index is 0.178. The number of hydrogen-bond donors (Lipinski definition) is 1. The van der Waals surface area contributed by atoms with Crippen LogP contribution in [0.5, 0.6) is 11.5 Å². The van der Waals surface area contributed by atoms with Gasteiger partial charge in [0, 0.05) is 0 Å². The Bertz CT molecular complexity index is 323. The maximum Gasteiger partial charge on any atom is 0.160 e. The van der Waals surface area contributed by atoms with Crippen molar-refractivity contribution in [2.75, 3.05) is 7.11 Å². The van der Waals surface area contributed by atoms with Gasteiger partial charge in [0.25, 0.3) is 0 Å². The predicted molar refractivity (Wildman–Crippen MR) is 54.0 cm³/mol. The Morgan fingerprint density at radius 1 is 1.38 bits per heavy atom. The molecule has 0 aromatic heterocycles. The molecule has 0 spiro atoms. The maximum atomic E-state index is 9.45. The number of phenolic OH excluding ortho intramolecular Hbond substituents is 1. The number of methoxy groups -OCH3 is 1. The van der Waals surface area contributed by atoms with Crippen molar-refractivity contribution in [2.24, 2.45) is 0 Å². The Morgan fingerprint density at radius 3 is 2.54 bits per heavy atom. The normalized spacial score (nSPS) is 9.46. The molecule has 0 radical (unpaired) electrons. The van der Waals surface area contributed by atoms with Crippen LogP contribution in [0, 0.1) is 0 Å². The van der Waals surface area contributed by atoms with E-state index in [-0.39, 0.29) is 5.75 Å². The summed E-state index contributed by atoms with van der Waals surface area (Å²) in [5, 5.41) is 9.45. The second-order valence-electron chi connectivity index (χ2n) is 3.15. The maximum absolute atomic E-state index is 9.45. The minimum absolute atomic E-state index is 0.178. The van der Waals surface area contributed by atoms with Gasteiger partial charge in [0.2, 0.25) is 0 Å². The average molecular weight is 178 g/mol. The Kier molecular flexibility index (Phi) is 2.96. The minimum Gasteiger partial charge on any atom is -0.504 e. The fraction of sp³-hybridized carbons (Fsp3) is 0.273. The third-order valence-electron chi connectivity index (χ3n) is 1.66. The number of phenols is 1. The zero-order valence-corrected chi connectivity index (χ0v) is 8.16. The summed E-state index contributed by atoms with van der Waals surface area (Å²) in [6.45, 7) is 4.03. The monoisotopic (exact) mass is 178 g/mol. The average Bonchev–Trinajstić information content (AvgIpc) is 2.03. The largest absolute Gasteiger partial charge is 0.504 e. The number of rotatable bonds is 2. The van der Waals surface area contributed by atoms with E-state index in [4.69, 9.17) is 4.74 Å². The summed E-state index contributed by atoms with van der Waals surface area (Å²) in [6, 6.07) is 5.35. The molecule has 0 unspecified atom stereocenters. The van der Waals surface area contributed by atoms with Crippen LogP contribution in [-0.4, -0.2) is 12.2 Å². The van der Waals surface area contributed by atoms with E-state index in [9.17, 15) is 5.11 Å². The molecule has 0 saturated carbocycles. The molecular formula is C11H14O2. The first-order valence-electron chi connectivity index (χ1n) is 4.15. The van der Waals surface area contributed by atoms with Crippen molar-refractivity contribution < 1.29 is 9.84 Å². The summed E-state index contributed by atoms with van der Waals surface area (Å²) < 4.78 is 4.93. The summed E-state index contributed by atoms with van der Waals surface area (Å²) in [6.07, 6.45) is 2.00. The van der Waals surface area contributed by atoms with Gasteiger partial charge in [-0.3, -0.25) is 0 Å². The van der Waals surface area contributed by atoms with Crippen LogP contribution in [0.25, 0.3) is 6.08 Å². The van der Waals surface area contributed by atoms with Crippen molar-refractivity contribution >= 4 is 6.08 Å². The van der Waals surface area contributed by atoms with Crippen molar-refractivity contribution in [1.82, 2.24) is 0 Å². The summed E-state index contributed by atoms with van der Waals surface area (Å²) in [4.78, 5) is 0. The van der Waals surface area contributed by atoms with Gasteiger partial charge in [-0.2, -0.15) is 0 Å². The fourth-order valence-corrected chi connectivity index (χ4v) is 1.13. The van der Waals surface area contributed by atoms with Gasteiger partial charge in [0.05, 0.1) is 7.11 Å². The van der Waals surface area contributed by atoms with Gasteiger partial charge in [-0.05, 0) is 31.5 Å². The molecule has 1 N–H and O–H groups in total. The molecule has 2 nitrogen and oxygen atoms in total. The molecule has 0 aliphatic rings. The lowest BCUT2D eigenvalue weighted by molar-refractivity contribution is 0.373. The molecular weight excluding hydrogens is 164 g/mol. The van der Waals surface area contributed by atoms with E-state index >= 15 is 0 Å². The number of aromatic hydroxyl groups is 1. The summed E-state index contributed by atoms with van der Waals surface area (Å²) >= 11 is 0. The van der Waals surface area contributed by atoms with Gasteiger partial charge in [-0.25, -0.2) is 0 Å². The molecule has 1 rings (SSSR count). The molecule has 0 aliphatic heterocycles. The number of benzene rings is 1. The Hall–Kier alpha value is -1.44. The van der Waals surface area contributed by atoms with E-state index in [0.717, 1.165) is 5.56 Å². The summed E-state index contributed by atoms with van der Waals surface area (Å²) in [5.74, 6) is 0.684. The van der Waals surface area contributed by atoms with Gasteiger partial charge in [0.15, 0.2) is 11.5 Å². The van der Waals surface area contributed by atoms with E-state index in [1.54, 1.807) is 12.1 Å². The summed E-state index contributed by atoms with van der Waals surface area (Å²) in [5.41, 5.74) is 2.18. The molecule has 13 heavy (non-hydrogen) atoms. The molecule has 2 heteroatoms. The first-order valence-corrected chi connectivity index (χ1v) is 4.15. The lowest BCUT2D eigenvalue weighted by atomic mass is 10.1. The Labute approximate surface area is 78.5 Å². The topological polar surface area (TPSA) is 29.5 Å². The highest BCUT2D eigenvalue weighted by Crippen LogP contribution is 2.26. The van der Waals surface area contributed by atoms with Gasteiger partial charge in [0.1, 0.15) is 0 Å². The Morgan fingerprint density at radius 2 is 2.08 bits per heavy atom. The fourth-order valence-electron chi connectivity index (χ4n) is 1.13. The smallest absolute Gasteiger partial charge is 0.160 e. The number of allylic oxidation sites excluding steroid dienone is 1. The first kappa shape index (κ1) is 9.65. The van der Waals surface area contributed by atoms with Crippen LogP contribution >= 0.6 is 0 Å². The highest BCUT2D eigenvalue weighted by Gasteiger charge is 1.99. The van der Waals surface area contributed by atoms with E-state index < -0.39 is 0 Å². The SMILES string of the molecule is COc1ccc(C=C(C)C)cc1O. The van der Waals surface area contributed by atoms with Gasteiger partial charge in [-0.15, -0.1) is 0 Å². The van der Waals surface area contributed by atoms with E-state index in [2.05, 4.69) is 0 Å². The molecule has 0 fully saturated rings. The van der Waals surface area contributed by atoms with Crippen molar-refractivity contribution in [2.45, 2.75) is 13.8 Å². The van der Waals surface area contributed by atoms with Crippen LogP contribution in [0.2, 0.25) is 0 Å². The Balaban J connectivity index is 3.03. The van der Waals surface area contributed by atoms with Crippen LogP contribution in [0.3, 0.4) is 0 Å². The van der Waals surface area contributed by atoms with Crippen LogP contribution in [-0.2, 0) is 0 Å². The molecule has 0 atom stereocenters. The predicted octanol–water partition coefficient (Wildman–Crippen LogP) is 2.82. The first-order chi connectivity index (χ1) is 6.13. The highest BCUT2D eigenvalue weighted by atomic mass is 16.5. The van der Waals surface area contributed by atoms with Crippen LogP contribution in [0.1, 0.15) is 19.4 Å². The lowest BCUT2D eigenvalue weighted by Gasteiger charge is -2.03. The van der Waals surface area contributed by atoms with Gasteiger partial charge >= 0.3 is 0 Å². The van der Waals surface area contributed by atoms with Crippen molar-refractivity contribution in [3.05, 3.63) is 29.3 Å². The van der Waals surface area contributed by atoms with Crippen molar-refractivity contribution in [3.8, 4) is 11.5 Å². The molecule has 0 saturated heterocycles. The second-order valence-corrected chi connectivity index (χ2v) is 3.15. The van der Waals surface area contributed by atoms with Crippen molar-refractivity contribution in [1.29, 1.82) is 0 Å². The summed E-state index contributed by atoms with van der Waals surface area (Å²) in [7, 11) is 1.54. The molecule has 1 aromatic carbocycles. The quantitative estimate of drug-likeness (QED) is 0.754. The van der Waals surface area contributed by atoms with Crippen LogP contribution < -0.4 is 4.74 Å². The van der Waals surface area contributed by atoms with E-state index in [1.807, 2.05) is 26.0 Å². The second kappa shape index (κ2) is 3.99. The third kappa shape index (κ3) is 2.51. The molecule has 0 bridgehead atoms. The standard InChI is InChI=1S/C11H14O2/c1-8(2)6-9-4-5-11(13-3)10(12)7-9/h4-7,12H,1-3H3. The highest BCUT2D eigenvalue weighted by molar-refractivity contribution is 5.57. The van der Waals surface area contributed by atoms with E-state index in [0.29, 0.717) is 5.75 Å². The third-order valence-corrected chi connectivity index (χ3v) is 1.66. The lowest BCUT2D eigenvalue weighted by Crippen LogP contribution is -1.83. The van der Waals surface area contributed by atoms with Crippen LogP contribution in [0.4, 0.5) is 0 Å². The molecule has 0 amide bonds. The zero-order chi connectivity index (χ0) is 9.84. The van der Waals surface area contributed by atoms with Gasteiger partial charge < -0.3 is 9.84 Å². The number of ether oxygens (including phenoxy) is 1. The van der Waals surface area contributed by atoms with E-state index in [1.165, 1.54) is 12.7 Å². The molecule has 0 aliphatic carbocycles. The van der Waals surface area contributed by atoms with Crippen molar-refractivity contribution in [3.63, 3.8) is 0 Å². The van der Waals surface area contributed by atoms with Crippen LogP contribution in [0.15, 0.2) is 23.8 Å².